The molecule has 0 bridgehead atoms. The smallest absolute Gasteiger partial charge is 0.417 e. The van der Waals surface area contributed by atoms with Crippen LogP contribution in [0.25, 0.3) is 0 Å². The molecule has 0 spiro atoms. The van der Waals surface area contributed by atoms with E-state index in [1.165, 1.54) is 0 Å². The molecule has 0 atom stereocenters. The van der Waals surface area contributed by atoms with Crippen molar-refractivity contribution in [1.82, 2.24) is 0 Å². The molecule has 1 aromatic carbocycles. The number of ether oxygens (including phenoxy) is 1. The van der Waals surface area contributed by atoms with Gasteiger partial charge in [0.25, 0.3) is 0 Å². The molecule has 0 heterocycles. The van der Waals surface area contributed by atoms with Gasteiger partial charge in [0.1, 0.15) is 5.75 Å². The van der Waals surface area contributed by atoms with Gasteiger partial charge >= 0.3 is 6.18 Å². The Hall–Kier alpha value is -1.23. The number of carbonyl (C=O) groups excluding carboxylic acids is 1. The average molecular weight is 239 g/mol. The second-order valence-corrected chi connectivity index (χ2v) is 3.04. The summed E-state index contributed by atoms with van der Waals surface area (Å²) in [4.78, 5) is 10.5. The molecule has 0 aromatic heterocycles. The maximum absolute atomic E-state index is 12.4. The van der Waals surface area contributed by atoms with Crippen LogP contribution in [-0.4, -0.2) is 13.4 Å². The van der Waals surface area contributed by atoms with Crippen LogP contribution in [0.15, 0.2) is 12.1 Å². The first kappa shape index (κ1) is 11.8. The van der Waals surface area contributed by atoms with E-state index in [2.05, 4.69) is 4.74 Å². The molecule has 0 radical (unpaired) electrons. The Morgan fingerprint density at radius 1 is 1.40 bits per heavy atom. The Kier molecular flexibility index (Phi) is 3.24. The van der Waals surface area contributed by atoms with Gasteiger partial charge in [0.05, 0.1) is 23.3 Å². The predicted molar refractivity (Wildman–Crippen MR) is 48.4 cm³/mol. The maximum atomic E-state index is 12.4. The van der Waals surface area contributed by atoms with Gasteiger partial charge in [0, 0.05) is 0 Å². The molecule has 15 heavy (non-hydrogen) atoms. The van der Waals surface area contributed by atoms with Crippen molar-refractivity contribution >= 4 is 17.9 Å². The third-order valence-electron chi connectivity index (χ3n) is 1.76. The molecule has 0 fully saturated rings. The highest BCUT2D eigenvalue weighted by Gasteiger charge is 2.34. The van der Waals surface area contributed by atoms with Crippen molar-refractivity contribution in [3.8, 4) is 5.75 Å². The van der Waals surface area contributed by atoms with E-state index in [1.807, 2.05) is 0 Å². The molecule has 0 saturated carbocycles. The maximum Gasteiger partial charge on any atom is 0.417 e. The summed E-state index contributed by atoms with van der Waals surface area (Å²) in [6.07, 6.45) is -4.18. The van der Waals surface area contributed by atoms with Gasteiger partial charge < -0.3 is 4.74 Å². The van der Waals surface area contributed by atoms with Crippen molar-refractivity contribution < 1.29 is 22.7 Å². The van der Waals surface area contributed by atoms with Crippen LogP contribution in [0.2, 0.25) is 5.02 Å². The minimum absolute atomic E-state index is 0.0181. The summed E-state index contributed by atoms with van der Waals surface area (Å²) in [7, 11) is 1.15. The molecule has 6 heteroatoms. The van der Waals surface area contributed by atoms with Crippen molar-refractivity contribution in [3.05, 3.63) is 28.3 Å². The van der Waals surface area contributed by atoms with Gasteiger partial charge in [-0.25, -0.2) is 0 Å². The van der Waals surface area contributed by atoms with Crippen molar-refractivity contribution in [2.45, 2.75) is 6.18 Å². The Bertz CT molecular complexity index is 388. The lowest BCUT2D eigenvalue weighted by atomic mass is 10.1. The highest BCUT2D eigenvalue weighted by molar-refractivity contribution is 6.33. The molecule has 0 aliphatic rings. The van der Waals surface area contributed by atoms with E-state index in [4.69, 9.17) is 11.6 Å². The van der Waals surface area contributed by atoms with Gasteiger partial charge in [-0.15, -0.1) is 0 Å². The van der Waals surface area contributed by atoms with Crippen LogP contribution in [0, 0.1) is 0 Å². The minimum atomic E-state index is -4.56. The number of rotatable bonds is 2. The molecule has 1 aromatic rings. The molecule has 0 saturated heterocycles. The molecule has 0 aliphatic heterocycles. The zero-order chi connectivity index (χ0) is 11.6. The van der Waals surface area contributed by atoms with Crippen molar-refractivity contribution in [1.29, 1.82) is 0 Å². The fourth-order valence-corrected chi connectivity index (χ4v) is 1.45. The van der Waals surface area contributed by atoms with Crippen LogP contribution >= 0.6 is 11.6 Å². The molecule has 0 N–H and O–H groups in total. The second-order valence-electron chi connectivity index (χ2n) is 2.67. The fraction of sp³-hybridized carbons (Fsp3) is 0.222. The molecular weight excluding hydrogens is 233 g/mol. The minimum Gasteiger partial charge on any atom is -0.494 e. The molecule has 82 valence electrons. The number of hydrogen-bond donors (Lipinski definition) is 0. The Labute approximate surface area is 88.6 Å². The molecule has 0 unspecified atom stereocenters. The van der Waals surface area contributed by atoms with E-state index in [0.717, 1.165) is 19.2 Å². The summed E-state index contributed by atoms with van der Waals surface area (Å²) >= 11 is 5.47. The predicted octanol–water partition coefficient (Wildman–Crippen LogP) is 3.18. The van der Waals surface area contributed by atoms with Crippen LogP contribution in [0.5, 0.6) is 5.75 Å². The number of alkyl halides is 3. The quantitative estimate of drug-likeness (QED) is 0.740. The lowest BCUT2D eigenvalue weighted by molar-refractivity contribution is -0.137. The lowest BCUT2D eigenvalue weighted by Crippen LogP contribution is -2.07. The SMILES string of the molecule is COc1c(C=O)ccc(C(F)(F)F)c1Cl. The Balaban J connectivity index is 3.42. The molecule has 0 aliphatic carbocycles. The molecular formula is C9H6ClF3O2. The number of halogens is 4. The summed E-state index contributed by atoms with van der Waals surface area (Å²) < 4.78 is 41.8. The molecule has 0 amide bonds. The van der Waals surface area contributed by atoms with Gasteiger partial charge in [-0.1, -0.05) is 11.6 Å². The standard InChI is InChI=1S/C9H6ClF3O2/c1-15-8-5(4-14)2-3-6(7(8)10)9(11,12)13/h2-4H,1H3. The van der Waals surface area contributed by atoms with Gasteiger partial charge in [0.2, 0.25) is 0 Å². The van der Waals surface area contributed by atoms with Gasteiger partial charge in [-0.05, 0) is 12.1 Å². The lowest BCUT2D eigenvalue weighted by Gasteiger charge is -2.12. The number of hydrogen-bond acceptors (Lipinski definition) is 2. The van der Waals surface area contributed by atoms with E-state index in [9.17, 15) is 18.0 Å². The van der Waals surface area contributed by atoms with Crippen molar-refractivity contribution in [3.63, 3.8) is 0 Å². The van der Waals surface area contributed by atoms with Crippen molar-refractivity contribution in [2.75, 3.05) is 7.11 Å². The van der Waals surface area contributed by atoms with E-state index in [-0.39, 0.29) is 11.3 Å². The number of aldehydes is 1. The number of benzene rings is 1. The first-order valence-electron chi connectivity index (χ1n) is 3.80. The highest BCUT2D eigenvalue weighted by Crippen LogP contribution is 2.40. The summed E-state index contributed by atoms with van der Waals surface area (Å²) in [5.41, 5.74) is -1.04. The van der Waals surface area contributed by atoms with Gasteiger partial charge in [0.15, 0.2) is 6.29 Å². The third-order valence-corrected chi connectivity index (χ3v) is 2.14. The van der Waals surface area contributed by atoms with E-state index in [0.29, 0.717) is 6.29 Å². The molecule has 2 nitrogen and oxygen atoms in total. The van der Waals surface area contributed by atoms with E-state index in [1.54, 1.807) is 0 Å². The topological polar surface area (TPSA) is 26.3 Å². The first-order valence-corrected chi connectivity index (χ1v) is 4.18. The highest BCUT2D eigenvalue weighted by atomic mass is 35.5. The normalized spacial score (nSPS) is 11.3. The Morgan fingerprint density at radius 3 is 2.40 bits per heavy atom. The second kappa shape index (κ2) is 4.10. The molecule has 1 rings (SSSR count). The summed E-state index contributed by atoms with van der Waals surface area (Å²) in [5, 5.41) is -0.602. The monoisotopic (exact) mass is 238 g/mol. The van der Waals surface area contributed by atoms with Crippen LogP contribution in [0.3, 0.4) is 0 Å². The van der Waals surface area contributed by atoms with Crippen molar-refractivity contribution in [2.24, 2.45) is 0 Å². The summed E-state index contributed by atoms with van der Waals surface area (Å²) in [5.74, 6) is -0.263. The van der Waals surface area contributed by atoms with Gasteiger partial charge in [-0.2, -0.15) is 13.2 Å². The summed E-state index contributed by atoms with van der Waals surface area (Å²) in [6, 6.07) is 1.76. The van der Waals surface area contributed by atoms with Crippen LogP contribution in [0.1, 0.15) is 15.9 Å². The van der Waals surface area contributed by atoms with Crippen LogP contribution in [-0.2, 0) is 6.18 Å². The summed E-state index contributed by atoms with van der Waals surface area (Å²) in [6.45, 7) is 0. The zero-order valence-electron chi connectivity index (χ0n) is 7.56. The number of carbonyl (C=O) groups is 1. The average Bonchev–Trinajstić information content (AvgIpc) is 2.15. The van der Waals surface area contributed by atoms with E-state index >= 15 is 0 Å². The zero-order valence-corrected chi connectivity index (χ0v) is 8.32. The Morgan fingerprint density at radius 2 is 2.00 bits per heavy atom. The van der Waals surface area contributed by atoms with Crippen LogP contribution < -0.4 is 4.74 Å². The van der Waals surface area contributed by atoms with E-state index < -0.39 is 16.8 Å². The number of methoxy groups -OCH3 is 1. The van der Waals surface area contributed by atoms with Gasteiger partial charge in [-0.3, -0.25) is 4.79 Å². The first-order chi connectivity index (χ1) is 6.91. The largest absolute Gasteiger partial charge is 0.494 e. The fourth-order valence-electron chi connectivity index (χ4n) is 1.09. The van der Waals surface area contributed by atoms with Crippen LogP contribution in [0.4, 0.5) is 13.2 Å². The third kappa shape index (κ3) is 2.23.